The number of nitrogens with zero attached hydrogens (tertiary/aromatic N) is 1. The van der Waals surface area contributed by atoms with Crippen LogP contribution >= 0.6 is 35.0 Å². The van der Waals surface area contributed by atoms with Gasteiger partial charge in [0.2, 0.25) is 11.8 Å². The highest BCUT2D eigenvalue weighted by Gasteiger charge is 2.31. The minimum atomic E-state index is -0.676. The lowest BCUT2D eigenvalue weighted by molar-refractivity contribution is -0.139. The summed E-state index contributed by atoms with van der Waals surface area (Å²) in [6, 6.07) is 24.2. The predicted octanol–water partition coefficient (Wildman–Crippen LogP) is 6.64. The molecule has 7 heteroatoms. The number of amides is 2. The van der Waals surface area contributed by atoms with E-state index in [1.54, 1.807) is 17.0 Å². The summed E-state index contributed by atoms with van der Waals surface area (Å²) in [7, 11) is 0. The third-order valence-electron chi connectivity index (χ3n) is 5.71. The highest BCUT2D eigenvalue weighted by molar-refractivity contribution is 8.00. The number of carbonyl (C=O) groups excluding carboxylic acids is 2. The van der Waals surface area contributed by atoms with E-state index in [0.717, 1.165) is 22.4 Å². The van der Waals surface area contributed by atoms with E-state index in [1.807, 2.05) is 80.6 Å². The van der Waals surface area contributed by atoms with Crippen LogP contribution in [0.4, 0.5) is 0 Å². The molecule has 0 heterocycles. The first-order valence-corrected chi connectivity index (χ1v) is 13.4. The summed E-state index contributed by atoms with van der Waals surface area (Å²) >= 11 is 13.8. The average Bonchev–Trinajstić information content (AvgIpc) is 2.87. The monoisotopic (exact) mass is 528 g/mol. The summed E-state index contributed by atoms with van der Waals surface area (Å²) in [5.41, 5.74) is 1.80. The lowest BCUT2D eigenvalue weighted by Crippen LogP contribution is -2.52. The Morgan fingerprint density at radius 3 is 2.20 bits per heavy atom. The van der Waals surface area contributed by atoms with Crippen LogP contribution in [-0.4, -0.2) is 34.6 Å². The van der Waals surface area contributed by atoms with Gasteiger partial charge in [-0.2, -0.15) is 0 Å². The van der Waals surface area contributed by atoms with Gasteiger partial charge in [0.05, 0.1) is 15.8 Å². The van der Waals surface area contributed by atoms with Crippen molar-refractivity contribution in [3.05, 3.63) is 100 Å². The number of thioether (sulfide) groups is 1. The van der Waals surface area contributed by atoms with Crippen LogP contribution in [0.2, 0.25) is 10.0 Å². The molecule has 0 aliphatic carbocycles. The summed E-state index contributed by atoms with van der Waals surface area (Å²) in [6.45, 7) is 4.23. The first-order chi connectivity index (χ1) is 16.9. The van der Waals surface area contributed by atoms with E-state index in [0.29, 0.717) is 16.5 Å². The Morgan fingerprint density at radius 1 is 0.914 bits per heavy atom. The Bertz CT molecular complexity index is 1110. The Hall–Kier alpha value is -2.47. The smallest absolute Gasteiger partial charge is 0.243 e. The van der Waals surface area contributed by atoms with E-state index in [4.69, 9.17) is 23.2 Å². The van der Waals surface area contributed by atoms with E-state index in [1.165, 1.54) is 11.8 Å². The highest BCUT2D eigenvalue weighted by Crippen LogP contribution is 2.25. The summed E-state index contributed by atoms with van der Waals surface area (Å²) in [5.74, 6) is -0.0702. The molecule has 0 fully saturated rings. The molecule has 0 spiro atoms. The number of halogens is 2. The summed E-state index contributed by atoms with van der Waals surface area (Å²) < 4.78 is 0. The van der Waals surface area contributed by atoms with Crippen LogP contribution in [0.3, 0.4) is 0 Å². The van der Waals surface area contributed by atoms with Crippen molar-refractivity contribution in [2.75, 3.05) is 5.75 Å². The fourth-order valence-electron chi connectivity index (χ4n) is 3.57. The molecule has 1 N–H and O–H groups in total. The highest BCUT2D eigenvalue weighted by atomic mass is 35.5. The van der Waals surface area contributed by atoms with E-state index in [2.05, 4.69) is 5.32 Å². The molecular formula is C28H30Cl2N2O2S. The van der Waals surface area contributed by atoms with Gasteiger partial charge in [0.15, 0.2) is 0 Å². The van der Waals surface area contributed by atoms with E-state index >= 15 is 0 Å². The second-order valence-electron chi connectivity index (χ2n) is 8.40. The first kappa shape index (κ1) is 27.1. The molecule has 0 saturated carbocycles. The van der Waals surface area contributed by atoms with Crippen molar-refractivity contribution in [2.24, 2.45) is 0 Å². The van der Waals surface area contributed by atoms with Crippen molar-refractivity contribution in [2.45, 2.75) is 50.2 Å². The van der Waals surface area contributed by atoms with Crippen LogP contribution in [0.5, 0.6) is 0 Å². The van der Waals surface area contributed by atoms with Gasteiger partial charge in [-0.3, -0.25) is 9.59 Å². The van der Waals surface area contributed by atoms with Gasteiger partial charge < -0.3 is 10.2 Å². The summed E-state index contributed by atoms with van der Waals surface area (Å²) in [5, 5.41) is 3.94. The molecule has 0 saturated heterocycles. The largest absolute Gasteiger partial charge is 0.352 e. The van der Waals surface area contributed by atoms with Gasteiger partial charge in [0.1, 0.15) is 6.04 Å². The standard InChI is InChI=1S/C28H30Cl2N2O2S/c1-3-20(2)31-28(34)26(17-21-10-6-4-7-11-21)32(18-22-14-15-24(29)25(30)16-22)27(33)19-35-23-12-8-5-9-13-23/h4-16,20,26H,3,17-19H2,1-2H3,(H,31,34)/t20-,26-/m1/s1. The van der Waals surface area contributed by atoms with E-state index in [-0.39, 0.29) is 30.2 Å². The number of hydrogen-bond donors (Lipinski definition) is 1. The van der Waals surface area contributed by atoms with Gasteiger partial charge in [-0.15, -0.1) is 11.8 Å². The number of carbonyl (C=O) groups is 2. The van der Waals surface area contributed by atoms with Gasteiger partial charge in [-0.1, -0.05) is 84.7 Å². The molecule has 3 rings (SSSR count). The maximum absolute atomic E-state index is 13.6. The molecule has 3 aromatic rings. The van der Waals surface area contributed by atoms with Crippen molar-refractivity contribution in [3.63, 3.8) is 0 Å². The van der Waals surface area contributed by atoms with Crippen LogP contribution in [0.1, 0.15) is 31.4 Å². The molecule has 4 nitrogen and oxygen atoms in total. The maximum Gasteiger partial charge on any atom is 0.243 e. The molecule has 2 amide bonds. The van der Waals surface area contributed by atoms with Crippen molar-refractivity contribution < 1.29 is 9.59 Å². The molecule has 0 radical (unpaired) electrons. The van der Waals surface area contributed by atoms with Crippen LogP contribution in [0.15, 0.2) is 83.8 Å². The number of hydrogen-bond acceptors (Lipinski definition) is 3. The molecular weight excluding hydrogens is 499 g/mol. The minimum absolute atomic E-state index is 0.00129. The van der Waals surface area contributed by atoms with Crippen LogP contribution < -0.4 is 5.32 Å². The molecule has 184 valence electrons. The number of benzene rings is 3. The molecule has 0 aliphatic heterocycles. The van der Waals surface area contributed by atoms with E-state index < -0.39 is 6.04 Å². The van der Waals surface area contributed by atoms with Crippen LogP contribution in [0.25, 0.3) is 0 Å². The first-order valence-electron chi connectivity index (χ1n) is 11.6. The van der Waals surface area contributed by atoms with Crippen LogP contribution in [0, 0.1) is 0 Å². The zero-order valence-electron chi connectivity index (χ0n) is 19.9. The second-order valence-corrected chi connectivity index (χ2v) is 10.3. The Morgan fingerprint density at radius 2 is 1.57 bits per heavy atom. The van der Waals surface area contributed by atoms with Gasteiger partial charge in [0.25, 0.3) is 0 Å². The van der Waals surface area contributed by atoms with Crippen molar-refractivity contribution in [1.82, 2.24) is 10.2 Å². The van der Waals surface area contributed by atoms with Crippen LogP contribution in [-0.2, 0) is 22.6 Å². The SMILES string of the molecule is CC[C@@H](C)NC(=O)[C@@H](Cc1ccccc1)N(Cc1ccc(Cl)c(Cl)c1)C(=O)CSc1ccccc1. The predicted molar refractivity (Wildman–Crippen MR) is 146 cm³/mol. The Labute approximate surface area is 222 Å². The molecule has 0 unspecified atom stereocenters. The van der Waals surface area contributed by atoms with Gasteiger partial charge in [-0.25, -0.2) is 0 Å². The summed E-state index contributed by atoms with van der Waals surface area (Å²) in [4.78, 5) is 29.8. The van der Waals surface area contributed by atoms with Gasteiger partial charge >= 0.3 is 0 Å². The second kappa shape index (κ2) is 13.6. The van der Waals surface area contributed by atoms with Gasteiger partial charge in [-0.05, 0) is 48.7 Å². The van der Waals surface area contributed by atoms with Crippen molar-refractivity contribution >= 4 is 46.8 Å². The Kier molecular flexibility index (Phi) is 10.5. The topological polar surface area (TPSA) is 49.4 Å². The Balaban J connectivity index is 1.93. The van der Waals surface area contributed by atoms with Crippen molar-refractivity contribution in [3.8, 4) is 0 Å². The fraction of sp³-hybridized carbons (Fsp3) is 0.286. The molecule has 35 heavy (non-hydrogen) atoms. The summed E-state index contributed by atoms with van der Waals surface area (Å²) in [6.07, 6.45) is 1.21. The van der Waals surface area contributed by atoms with Crippen molar-refractivity contribution in [1.29, 1.82) is 0 Å². The zero-order chi connectivity index (χ0) is 25.2. The van der Waals surface area contributed by atoms with Gasteiger partial charge in [0, 0.05) is 23.9 Å². The third kappa shape index (κ3) is 8.31. The minimum Gasteiger partial charge on any atom is -0.352 e. The zero-order valence-corrected chi connectivity index (χ0v) is 22.2. The number of nitrogens with one attached hydrogen (secondary N) is 1. The van der Waals surface area contributed by atoms with E-state index in [9.17, 15) is 9.59 Å². The quantitative estimate of drug-likeness (QED) is 0.283. The fourth-order valence-corrected chi connectivity index (χ4v) is 4.70. The number of rotatable bonds is 11. The maximum atomic E-state index is 13.6. The molecule has 2 atom stereocenters. The molecule has 3 aromatic carbocycles. The molecule has 0 bridgehead atoms. The lowest BCUT2D eigenvalue weighted by Gasteiger charge is -2.32. The lowest BCUT2D eigenvalue weighted by atomic mass is 10.0. The molecule has 0 aliphatic rings. The third-order valence-corrected chi connectivity index (χ3v) is 7.45. The normalized spacial score (nSPS) is 12.6. The average molecular weight is 530 g/mol. The molecule has 0 aromatic heterocycles.